The molecule has 0 aliphatic heterocycles. The fourth-order valence-corrected chi connectivity index (χ4v) is 2.06. The number of fused-ring (bicyclic) bond motifs is 1. The second kappa shape index (κ2) is 5.58. The van der Waals surface area contributed by atoms with Gasteiger partial charge in [0.25, 0.3) is 0 Å². The first kappa shape index (κ1) is 13.8. The molecule has 0 aliphatic rings. The Kier molecular flexibility index (Phi) is 4.05. The van der Waals surface area contributed by atoms with Gasteiger partial charge in [-0.3, -0.25) is 10.1 Å². The van der Waals surface area contributed by atoms with Crippen molar-refractivity contribution in [2.45, 2.75) is 20.3 Å². The summed E-state index contributed by atoms with van der Waals surface area (Å²) in [5.74, 6) is 0. The summed E-state index contributed by atoms with van der Waals surface area (Å²) < 4.78 is 0. The van der Waals surface area contributed by atoms with E-state index in [4.69, 9.17) is 0 Å². The van der Waals surface area contributed by atoms with Crippen LogP contribution in [0.3, 0.4) is 0 Å². The van der Waals surface area contributed by atoms with Gasteiger partial charge in [0.15, 0.2) is 0 Å². The molecule has 0 amide bonds. The van der Waals surface area contributed by atoms with Crippen LogP contribution in [0.1, 0.15) is 18.2 Å². The third kappa shape index (κ3) is 2.43. The molecule has 5 heteroatoms. The van der Waals surface area contributed by atoms with Crippen molar-refractivity contribution in [1.29, 1.82) is 0 Å². The normalized spacial score (nSPS) is 10.4. The fraction of sp³-hybridized carbons (Fsp3) is 0.214. The average molecular weight is 340 g/mol. The van der Waals surface area contributed by atoms with E-state index in [1.54, 1.807) is 0 Å². The third-order valence-corrected chi connectivity index (χ3v) is 3.13. The Balaban J connectivity index is 0.00000133. The summed E-state index contributed by atoms with van der Waals surface area (Å²) >= 11 is 0. The van der Waals surface area contributed by atoms with E-state index in [2.05, 4.69) is 51.4 Å². The van der Waals surface area contributed by atoms with E-state index in [0.717, 1.165) is 28.8 Å². The topological polar surface area (TPSA) is 52.8 Å². The fourth-order valence-electron chi connectivity index (χ4n) is 2.06. The van der Waals surface area contributed by atoms with Gasteiger partial charge in [-0.15, -0.1) is 0 Å². The monoisotopic (exact) mass is 340 g/mol. The number of hydrogen-bond donors (Lipinski definition) is 0. The zero-order valence-corrected chi connectivity index (χ0v) is 12.4. The number of hydrogen-bond acceptors (Lipinski definition) is 3. The molecule has 1 radical (unpaired) electrons. The van der Waals surface area contributed by atoms with Crippen LogP contribution in [0.25, 0.3) is 22.3 Å². The number of benzene rings is 1. The molecule has 0 atom stereocenters. The Morgan fingerprint density at radius 3 is 2.53 bits per heavy atom. The molecule has 3 aromatic rings. The van der Waals surface area contributed by atoms with Gasteiger partial charge in [0.05, 0.1) is 5.69 Å². The molecule has 3 rings (SSSR count). The van der Waals surface area contributed by atoms with Gasteiger partial charge in [-0.1, -0.05) is 31.2 Å². The minimum absolute atomic E-state index is 0. The van der Waals surface area contributed by atoms with Crippen molar-refractivity contribution in [2.24, 2.45) is 0 Å². The zero-order valence-electron chi connectivity index (χ0n) is 10.7. The van der Waals surface area contributed by atoms with Crippen molar-refractivity contribution in [3.63, 3.8) is 0 Å². The van der Waals surface area contributed by atoms with Gasteiger partial charge in [-0.2, -0.15) is 0 Å². The summed E-state index contributed by atoms with van der Waals surface area (Å²) in [6.45, 7) is 4.10. The Morgan fingerprint density at radius 1 is 1.11 bits per heavy atom. The maximum absolute atomic E-state index is 4.23. The predicted molar refractivity (Wildman–Crippen MR) is 70.2 cm³/mol. The molecule has 0 aliphatic carbocycles. The smallest absolute Gasteiger partial charge is 0.0783 e. The molecule has 99 valence electrons. The molecule has 19 heavy (non-hydrogen) atoms. The van der Waals surface area contributed by atoms with E-state index < -0.39 is 0 Å². The number of rotatable bonds is 2. The number of aryl methyl sites for hydroxylation is 2. The van der Waals surface area contributed by atoms with E-state index in [-0.39, 0.29) is 19.5 Å². The first-order chi connectivity index (χ1) is 8.79. The summed E-state index contributed by atoms with van der Waals surface area (Å²) in [6.07, 6.45) is 2.56. The standard InChI is InChI=1S/C14H13N4.Rh/c1-3-10-4-6-11(7-5-10)13-12-9(2)15-8-16-14(12)18-17-13;/h4-8H,3H2,1-2H3;/q-1;. The molecule has 1 aromatic carbocycles. The van der Waals surface area contributed by atoms with Gasteiger partial charge < -0.3 is 10.1 Å². The van der Waals surface area contributed by atoms with Crippen molar-refractivity contribution >= 4 is 11.0 Å². The van der Waals surface area contributed by atoms with Gasteiger partial charge >= 0.3 is 0 Å². The SMILES string of the molecule is CCc1ccc(-c2n[n-]c3ncnc(C)c23)cc1.[Rh]. The first-order valence-electron chi connectivity index (χ1n) is 5.99. The van der Waals surface area contributed by atoms with Gasteiger partial charge in [-0.25, -0.2) is 0 Å². The molecule has 4 nitrogen and oxygen atoms in total. The number of nitrogens with zero attached hydrogens (tertiary/aromatic N) is 4. The quantitative estimate of drug-likeness (QED) is 0.673. The first-order valence-corrected chi connectivity index (χ1v) is 5.99. The van der Waals surface area contributed by atoms with Crippen LogP contribution in [0.5, 0.6) is 0 Å². The largest absolute Gasteiger partial charge is 0.425 e. The third-order valence-electron chi connectivity index (χ3n) is 3.13. The molecular formula is C14H13N4Rh-. The Bertz CT molecular complexity index is 688. The van der Waals surface area contributed by atoms with Crippen molar-refractivity contribution in [2.75, 3.05) is 0 Å². The summed E-state index contributed by atoms with van der Waals surface area (Å²) in [6, 6.07) is 8.40. The Labute approximate surface area is 124 Å². The summed E-state index contributed by atoms with van der Waals surface area (Å²) in [5, 5.41) is 9.27. The van der Waals surface area contributed by atoms with E-state index in [9.17, 15) is 0 Å². The van der Waals surface area contributed by atoms with Crippen LogP contribution < -0.4 is 5.10 Å². The Hall–Kier alpha value is -1.61. The molecule has 0 bridgehead atoms. The average Bonchev–Trinajstić information content (AvgIpc) is 2.84. The minimum Gasteiger partial charge on any atom is -0.425 e. The maximum Gasteiger partial charge on any atom is 0.0783 e. The van der Waals surface area contributed by atoms with Crippen LogP contribution in [-0.4, -0.2) is 15.1 Å². The van der Waals surface area contributed by atoms with Gasteiger partial charge in [0.2, 0.25) is 0 Å². The maximum atomic E-state index is 4.23. The van der Waals surface area contributed by atoms with E-state index >= 15 is 0 Å². The van der Waals surface area contributed by atoms with Crippen LogP contribution in [0.2, 0.25) is 0 Å². The van der Waals surface area contributed by atoms with Crippen LogP contribution in [0.15, 0.2) is 30.6 Å². The number of aromatic nitrogens is 4. The van der Waals surface area contributed by atoms with E-state index in [1.165, 1.54) is 11.9 Å². The van der Waals surface area contributed by atoms with Crippen LogP contribution in [0, 0.1) is 6.92 Å². The molecule has 0 fully saturated rings. The van der Waals surface area contributed by atoms with Crippen LogP contribution in [0.4, 0.5) is 0 Å². The molecule has 0 spiro atoms. The molecule has 0 unspecified atom stereocenters. The molecular weight excluding hydrogens is 327 g/mol. The molecule has 0 saturated heterocycles. The second-order valence-corrected chi connectivity index (χ2v) is 4.26. The van der Waals surface area contributed by atoms with E-state index in [0.29, 0.717) is 5.65 Å². The van der Waals surface area contributed by atoms with Crippen molar-refractivity contribution in [3.05, 3.63) is 41.9 Å². The zero-order chi connectivity index (χ0) is 12.5. The van der Waals surface area contributed by atoms with Crippen molar-refractivity contribution < 1.29 is 19.5 Å². The molecule has 0 saturated carbocycles. The van der Waals surface area contributed by atoms with Gasteiger partial charge in [-0.05, 0) is 24.6 Å². The van der Waals surface area contributed by atoms with Gasteiger partial charge in [0.1, 0.15) is 0 Å². The predicted octanol–water partition coefficient (Wildman–Crippen LogP) is 2.52. The summed E-state index contributed by atoms with van der Waals surface area (Å²) in [5.41, 5.74) is 4.82. The molecule has 2 heterocycles. The second-order valence-electron chi connectivity index (χ2n) is 4.26. The molecule has 0 N–H and O–H groups in total. The Morgan fingerprint density at radius 2 is 1.84 bits per heavy atom. The minimum atomic E-state index is 0. The van der Waals surface area contributed by atoms with Gasteiger partial charge in [0, 0.05) is 42.4 Å². The van der Waals surface area contributed by atoms with Crippen LogP contribution in [-0.2, 0) is 25.9 Å². The van der Waals surface area contributed by atoms with E-state index in [1.807, 2.05) is 6.92 Å². The van der Waals surface area contributed by atoms with Crippen molar-refractivity contribution in [3.8, 4) is 11.3 Å². The molecule has 2 aromatic heterocycles. The summed E-state index contributed by atoms with van der Waals surface area (Å²) in [4.78, 5) is 8.35. The summed E-state index contributed by atoms with van der Waals surface area (Å²) in [7, 11) is 0. The van der Waals surface area contributed by atoms with Crippen molar-refractivity contribution in [1.82, 2.24) is 20.2 Å². The van der Waals surface area contributed by atoms with Crippen LogP contribution >= 0.6 is 0 Å².